The van der Waals surface area contributed by atoms with E-state index in [2.05, 4.69) is 19.2 Å². The van der Waals surface area contributed by atoms with Crippen molar-refractivity contribution in [2.45, 2.75) is 443 Å². The minimum absolute atomic E-state index is 0.0237. The highest BCUT2D eigenvalue weighted by molar-refractivity contribution is 5.76. The molecule has 0 aromatic heterocycles. The second-order valence-electron chi connectivity index (χ2n) is 25.6. The van der Waals surface area contributed by atoms with Crippen molar-refractivity contribution < 1.29 is 24.5 Å². The predicted molar refractivity (Wildman–Crippen MR) is 347 cm³/mol. The molecule has 0 spiro atoms. The molecule has 6 heteroatoms. The minimum atomic E-state index is -0.661. The van der Waals surface area contributed by atoms with Crippen molar-refractivity contribution in [3.05, 3.63) is 0 Å². The standard InChI is InChI=1S/C73H145NO5/c1-3-5-7-9-11-13-15-17-19-20-35-38-41-45-49-53-57-61-65-71(76)70(69-75)74-72(77)66-62-58-54-50-46-42-39-36-33-31-29-27-25-23-21-22-24-26-28-30-32-34-37-40-44-48-52-56-60-64-68-79-73(78)67-63-59-55-51-47-43-18-16-14-12-10-8-6-4-2/h70-71,75-76H,3-69H2,1-2H3,(H,74,77). The number of ether oxygens (including phenoxy) is 1. The molecular formula is C73H145NO5. The minimum Gasteiger partial charge on any atom is -0.466 e. The third-order valence-electron chi connectivity index (χ3n) is 17.7. The number of esters is 1. The fourth-order valence-electron chi connectivity index (χ4n) is 12.1. The van der Waals surface area contributed by atoms with Gasteiger partial charge in [-0.3, -0.25) is 9.59 Å². The summed E-state index contributed by atoms with van der Waals surface area (Å²) < 4.78 is 5.50. The Balaban J connectivity index is 3.32. The maximum absolute atomic E-state index is 12.5. The highest BCUT2D eigenvalue weighted by Crippen LogP contribution is 2.20. The van der Waals surface area contributed by atoms with Gasteiger partial charge in [-0.05, 0) is 25.7 Å². The van der Waals surface area contributed by atoms with Crippen LogP contribution in [0, 0.1) is 0 Å². The summed E-state index contributed by atoms with van der Waals surface area (Å²) >= 11 is 0. The normalized spacial score (nSPS) is 12.4. The summed E-state index contributed by atoms with van der Waals surface area (Å²) in [5, 5.41) is 23.4. The lowest BCUT2D eigenvalue weighted by Crippen LogP contribution is -2.45. The van der Waals surface area contributed by atoms with Crippen molar-refractivity contribution in [3.8, 4) is 0 Å². The van der Waals surface area contributed by atoms with E-state index in [1.54, 1.807) is 0 Å². The molecule has 0 fully saturated rings. The molecule has 472 valence electrons. The van der Waals surface area contributed by atoms with Gasteiger partial charge >= 0.3 is 5.97 Å². The van der Waals surface area contributed by atoms with E-state index < -0.39 is 12.1 Å². The number of aliphatic hydroxyl groups is 2. The van der Waals surface area contributed by atoms with Crippen molar-refractivity contribution in [3.63, 3.8) is 0 Å². The monoisotopic (exact) mass is 1120 g/mol. The lowest BCUT2D eigenvalue weighted by molar-refractivity contribution is -0.143. The van der Waals surface area contributed by atoms with Crippen LogP contribution in [0.1, 0.15) is 431 Å². The lowest BCUT2D eigenvalue weighted by Gasteiger charge is -2.22. The van der Waals surface area contributed by atoms with E-state index in [4.69, 9.17) is 4.74 Å². The number of carbonyl (C=O) groups is 2. The van der Waals surface area contributed by atoms with Gasteiger partial charge in [0.2, 0.25) is 5.91 Å². The van der Waals surface area contributed by atoms with E-state index in [1.807, 2.05) is 0 Å². The van der Waals surface area contributed by atoms with Gasteiger partial charge in [-0.15, -0.1) is 0 Å². The second-order valence-corrected chi connectivity index (χ2v) is 25.6. The van der Waals surface area contributed by atoms with E-state index in [1.165, 1.54) is 360 Å². The molecule has 0 rings (SSSR count). The number of amides is 1. The maximum Gasteiger partial charge on any atom is 0.305 e. The SMILES string of the molecule is CCCCCCCCCCCCCCCCCCCCC(O)C(CO)NC(=O)CCCCCCCCCCCCCCCCCCCCCCCCCCCCCCCCOC(=O)CCCCCCCCCCCCCCCC. The van der Waals surface area contributed by atoms with Crippen LogP contribution in [0.25, 0.3) is 0 Å². The Morgan fingerprint density at radius 1 is 0.304 bits per heavy atom. The van der Waals surface area contributed by atoms with Crippen molar-refractivity contribution in [1.82, 2.24) is 5.32 Å². The zero-order valence-electron chi connectivity index (χ0n) is 54.2. The van der Waals surface area contributed by atoms with Crippen LogP contribution in [-0.4, -0.2) is 47.4 Å². The Kier molecular flexibility index (Phi) is 68.4. The van der Waals surface area contributed by atoms with Crippen LogP contribution >= 0.6 is 0 Å². The number of aliphatic hydroxyl groups excluding tert-OH is 2. The Labute approximate surface area is 496 Å². The molecule has 0 aliphatic carbocycles. The lowest BCUT2D eigenvalue weighted by atomic mass is 10.0. The van der Waals surface area contributed by atoms with E-state index in [0.29, 0.717) is 25.9 Å². The number of nitrogens with one attached hydrogen (secondary N) is 1. The summed E-state index contributed by atoms with van der Waals surface area (Å²) in [4.78, 5) is 24.6. The van der Waals surface area contributed by atoms with Crippen LogP contribution in [0.2, 0.25) is 0 Å². The molecule has 0 radical (unpaired) electrons. The number of carbonyl (C=O) groups excluding carboxylic acids is 2. The Bertz CT molecular complexity index is 1150. The van der Waals surface area contributed by atoms with E-state index in [9.17, 15) is 19.8 Å². The van der Waals surface area contributed by atoms with Gasteiger partial charge in [0.05, 0.1) is 25.4 Å². The van der Waals surface area contributed by atoms with Gasteiger partial charge in [0.1, 0.15) is 0 Å². The second kappa shape index (κ2) is 69.4. The summed E-state index contributed by atoms with van der Waals surface area (Å²) in [5.41, 5.74) is 0. The number of hydrogen-bond acceptors (Lipinski definition) is 5. The largest absolute Gasteiger partial charge is 0.466 e. The smallest absolute Gasteiger partial charge is 0.305 e. The third-order valence-corrected chi connectivity index (χ3v) is 17.7. The summed E-state index contributed by atoms with van der Waals surface area (Å²) in [6.07, 6.45) is 84.5. The van der Waals surface area contributed by atoms with Crippen molar-refractivity contribution in [2.24, 2.45) is 0 Å². The first-order valence-electron chi connectivity index (χ1n) is 36.8. The maximum atomic E-state index is 12.5. The van der Waals surface area contributed by atoms with Gasteiger partial charge in [-0.25, -0.2) is 0 Å². The average molecular weight is 1120 g/mol. The first-order chi connectivity index (χ1) is 39.0. The van der Waals surface area contributed by atoms with Gasteiger partial charge < -0.3 is 20.3 Å². The van der Waals surface area contributed by atoms with Gasteiger partial charge in [0.15, 0.2) is 0 Å². The van der Waals surface area contributed by atoms with Gasteiger partial charge in [-0.2, -0.15) is 0 Å². The number of rotatable bonds is 70. The quantitative estimate of drug-likeness (QED) is 0.0417. The van der Waals surface area contributed by atoms with Crippen LogP contribution in [0.4, 0.5) is 0 Å². The molecule has 0 saturated heterocycles. The molecule has 6 nitrogen and oxygen atoms in total. The van der Waals surface area contributed by atoms with E-state index in [-0.39, 0.29) is 18.5 Å². The molecule has 2 atom stereocenters. The molecule has 0 aliphatic rings. The van der Waals surface area contributed by atoms with Crippen molar-refractivity contribution in [2.75, 3.05) is 13.2 Å². The molecule has 0 aromatic rings. The van der Waals surface area contributed by atoms with E-state index in [0.717, 1.165) is 38.5 Å². The molecule has 0 aliphatic heterocycles. The van der Waals surface area contributed by atoms with Gasteiger partial charge in [0.25, 0.3) is 0 Å². The first-order valence-corrected chi connectivity index (χ1v) is 36.8. The molecule has 0 saturated carbocycles. The predicted octanol–water partition coefficient (Wildman–Crippen LogP) is 23.8. The molecule has 3 N–H and O–H groups in total. The van der Waals surface area contributed by atoms with Crippen molar-refractivity contribution in [1.29, 1.82) is 0 Å². The highest BCUT2D eigenvalue weighted by atomic mass is 16.5. The fourth-order valence-corrected chi connectivity index (χ4v) is 12.1. The van der Waals surface area contributed by atoms with Crippen LogP contribution in [0.15, 0.2) is 0 Å². The van der Waals surface area contributed by atoms with Crippen LogP contribution in [0.5, 0.6) is 0 Å². The fraction of sp³-hybridized carbons (Fsp3) is 0.973. The summed E-state index contributed by atoms with van der Waals surface area (Å²) in [5.74, 6) is -0.00239. The summed E-state index contributed by atoms with van der Waals surface area (Å²) in [6, 6.07) is -0.538. The number of unbranched alkanes of at least 4 members (excludes halogenated alkanes) is 59. The topological polar surface area (TPSA) is 95.9 Å². The molecule has 0 heterocycles. The van der Waals surface area contributed by atoms with Crippen LogP contribution in [0.3, 0.4) is 0 Å². The molecule has 0 aromatic carbocycles. The Hall–Kier alpha value is -1.14. The van der Waals surface area contributed by atoms with Crippen molar-refractivity contribution >= 4 is 11.9 Å². The van der Waals surface area contributed by atoms with Gasteiger partial charge in [0, 0.05) is 12.8 Å². The first kappa shape index (κ1) is 77.9. The third kappa shape index (κ3) is 65.9. The summed E-state index contributed by atoms with van der Waals surface area (Å²) in [7, 11) is 0. The number of hydrogen-bond donors (Lipinski definition) is 3. The van der Waals surface area contributed by atoms with Crippen LogP contribution < -0.4 is 5.32 Å². The average Bonchev–Trinajstić information content (AvgIpc) is 3.45. The molecule has 2 unspecified atom stereocenters. The highest BCUT2D eigenvalue weighted by Gasteiger charge is 2.20. The van der Waals surface area contributed by atoms with Gasteiger partial charge in [-0.1, -0.05) is 393 Å². The Morgan fingerprint density at radius 2 is 0.519 bits per heavy atom. The zero-order chi connectivity index (χ0) is 57.1. The van der Waals surface area contributed by atoms with Crippen LogP contribution in [-0.2, 0) is 14.3 Å². The molecule has 1 amide bonds. The molecule has 79 heavy (non-hydrogen) atoms. The molecular weight excluding hydrogens is 971 g/mol. The summed E-state index contributed by atoms with van der Waals surface area (Å²) in [6.45, 7) is 5.01. The Morgan fingerprint density at radius 3 is 0.772 bits per heavy atom. The van der Waals surface area contributed by atoms with E-state index >= 15 is 0 Å². The zero-order valence-corrected chi connectivity index (χ0v) is 54.2. The molecule has 0 bridgehead atoms.